The number of esters is 1. The van der Waals surface area contributed by atoms with Gasteiger partial charge in [0.25, 0.3) is 11.8 Å². The largest absolute Gasteiger partial charge is 0.451 e. The Hall–Kier alpha value is -3.73. The maximum absolute atomic E-state index is 13.8. The fraction of sp³-hybridized carbons (Fsp3) is 0.273. The summed E-state index contributed by atoms with van der Waals surface area (Å²) in [6.07, 6.45) is -1.18. The summed E-state index contributed by atoms with van der Waals surface area (Å²) in [4.78, 5) is 37.3. The SMILES string of the molecule is CC(C)[C@H](NC(=O)c1ccccc1F)C(=O)O[C@@H](C)C(=O)Nc1ccccc1C#N. The molecule has 8 heteroatoms. The first kappa shape index (κ1) is 22.6. The molecule has 2 rings (SSSR count). The molecule has 2 amide bonds. The Bertz CT molecular complexity index is 984. The zero-order chi connectivity index (χ0) is 22.3. The zero-order valence-electron chi connectivity index (χ0n) is 16.8. The van der Waals surface area contributed by atoms with Crippen LogP contribution in [0.1, 0.15) is 36.7 Å². The van der Waals surface area contributed by atoms with Crippen LogP contribution in [0, 0.1) is 23.1 Å². The molecule has 7 nitrogen and oxygen atoms in total. The highest BCUT2D eigenvalue weighted by atomic mass is 19.1. The van der Waals surface area contributed by atoms with E-state index in [9.17, 15) is 18.8 Å². The average Bonchev–Trinajstić information content (AvgIpc) is 2.72. The van der Waals surface area contributed by atoms with Crippen molar-refractivity contribution in [1.82, 2.24) is 5.32 Å². The van der Waals surface area contributed by atoms with E-state index in [1.165, 1.54) is 25.1 Å². The van der Waals surface area contributed by atoms with Crippen molar-refractivity contribution in [2.45, 2.75) is 32.9 Å². The van der Waals surface area contributed by atoms with Gasteiger partial charge in [0.2, 0.25) is 0 Å². The Balaban J connectivity index is 2.05. The molecule has 0 bridgehead atoms. The third-order valence-corrected chi connectivity index (χ3v) is 4.29. The average molecular weight is 411 g/mol. The smallest absolute Gasteiger partial charge is 0.329 e. The van der Waals surface area contributed by atoms with Gasteiger partial charge in [0.05, 0.1) is 16.8 Å². The lowest BCUT2D eigenvalue weighted by Gasteiger charge is -2.23. The molecule has 2 atom stereocenters. The van der Waals surface area contributed by atoms with Gasteiger partial charge < -0.3 is 15.4 Å². The van der Waals surface area contributed by atoms with Crippen molar-refractivity contribution in [2.24, 2.45) is 5.92 Å². The van der Waals surface area contributed by atoms with Gasteiger partial charge in [0.1, 0.15) is 17.9 Å². The molecule has 156 valence electrons. The lowest BCUT2D eigenvalue weighted by molar-refractivity contribution is -0.156. The summed E-state index contributed by atoms with van der Waals surface area (Å²) in [5, 5.41) is 14.1. The fourth-order valence-electron chi connectivity index (χ4n) is 2.59. The Morgan fingerprint density at radius 1 is 1.03 bits per heavy atom. The Morgan fingerprint density at radius 2 is 1.67 bits per heavy atom. The van der Waals surface area contributed by atoms with E-state index in [1.807, 2.05) is 6.07 Å². The molecule has 0 spiro atoms. The van der Waals surface area contributed by atoms with Gasteiger partial charge in [-0.2, -0.15) is 5.26 Å². The molecule has 0 unspecified atom stereocenters. The second kappa shape index (κ2) is 10.2. The number of halogens is 1. The number of ether oxygens (including phenoxy) is 1. The highest BCUT2D eigenvalue weighted by Gasteiger charge is 2.30. The number of hydrogen-bond acceptors (Lipinski definition) is 5. The van der Waals surface area contributed by atoms with Crippen LogP contribution in [0.4, 0.5) is 10.1 Å². The van der Waals surface area contributed by atoms with Gasteiger partial charge in [-0.25, -0.2) is 9.18 Å². The number of carbonyl (C=O) groups excluding carboxylic acids is 3. The van der Waals surface area contributed by atoms with Gasteiger partial charge in [-0.15, -0.1) is 0 Å². The van der Waals surface area contributed by atoms with Crippen LogP contribution >= 0.6 is 0 Å². The monoisotopic (exact) mass is 411 g/mol. The number of amides is 2. The number of carbonyl (C=O) groups is 3. The fourth-order valence-corrected chi connectivity index (χ4v) is 2.59. The maximum atomic E-state index is 13.8. The third-order valence-electron chi connectivity index (χ3n) is 4.29. The molecule has 0 heterocycles. The minimum atomic E-state index is -1.18. The molecular weight excluding hydrogens is 389 g/mol. The van der Waals surface area contributed by atoms with Gasteiger partial charge in [0, 0.05) is 0 Å². The number of benzene rings is 2. The number of nitriles is 1. The van der Waals surface area contributed by atoms with Crippen LogP contribution in [0.2, 0.25) is 0 Å². The maximum Gasteiger partial charge on any atom is 0.329 e. The minimum Gasteiger partial charge on any atom is -0.451 e. The second-order valence-corrected chi connectivity index (χ2v) is 6.90. The normalized spacial score (nSPS) is 12.4. The Kier molecular flexibility index (Phi) is 7.64. The molecule has 0 aliphatic rings. The summed E-state index contributed by atoms with van der Waals surface area (Å²) in [5.41, 5.74) is 0.359. The minimum absolute atomic E-state index is 0.199. The van der Waals surface area contributed by atoms with Crippen LogP contribution in [0.15, 0.2) is 48.5 Å². The summed E-state index contributed by atoms with van der Waals surface area (Å²) in [7, 11) is 0. The summed E-state index contributed by atoms with van der Waals surface area (Å²) in [6.45, 7) is 4.74. The van der Waals surface area contributed by atoms with Gasteiger partial charge in [0.15, 0.2) is 6.10 Å². The predicted molar refractivity (Wildman–Crippen MR) is 108 cm³/mol. The molecule has 0 aromatic heterocycles. The van der Waals surface area contributed by atoms with Gasteiger partial charge in [-0.3, -0.25) is 9.59 Å². The van der Waals surface area contributed by atoms with Gasteiger partial charge in [-0.1, -0.05) is 38.1 Å². The molecule has 2 N–H and O–H groups in total. The van der Waals surface area contributed by atoms with Crippen molar-refractivity contribution in [2.75, 3.05) is 5.32 Å². The van der Waals surface area contributed by atoms with E-state index in [4.69, 9.17) is 10.00 Å². The number of anilines is 1. The number of nitrogens with zero attached hydrogens (tertiary/aromatic N) is 1. The quantitative estimate of drug-likeness (QED) is 0.681. The number of para-hydroxylation sites is 1. The first-order valence-corrected chi connectivity index (χ1v) is 9.30. The molecule has 30 heavy (non-hydrogen) atoms. The molecule has 0 fully saturated rings. The Morgan fingerprint density at radius 3 is 2.30 bits per heavy atom. The molecule has 0 saturated carbocycles. The van der Waals surface area contributed by atoms with Crippen LogP contribution in [-0.2, 0) is 14.3 Å². The van der Waals surface area contributed by atoms with E-state index in [0.717, 1.165) is 6.07 Å². The van der Waals surface area contributed by atoms with Crippen molar-refractivity contribution in [1.29, 1.82) is 5.26 Å². The van der Waals surface area contributed by atoms with E-state index in [0.29, 0.717) is 5.69 Å². The first-order chi connectivity index (χ1) is 14.2. The first-order valence-electron chi connectivity index (χ1n) is 9.30. The highest BCUT2D eigenvalue weighted by Crippen LogP contribution is 2.15. The summed E-state index contributed by atoms with van der Waals surface area (Å²) in [6, 6.07) is 12.7. The number of rotatable bonds is 7. The van der Waals surface area contributed by atoms with Crippen molar-refractivity contribution < 1.29 is 23.5 Å². The molecular formula is C22H22FN3O4. The molecule has 0 aliphatic heterocycles. The standard InChI is InChI=1S/C22H22FN3O4/c1-13(2)19(26-21(28)16-9-5-6-10-17(16)23)22(29)30-14(3)20(27)25-18-11-7-4-8-15(18)12-24/h4-11,13-14,19H,1-3H3,(H,25,27)(H,26,28)/t14-,19-/m0/s1. The number of hydrogen-bond donors (Lipinski definition) is 2. The number of nitrogens with one attached hydrogen (secondary N) is 2. The summed E-state index contributed by atoms with van der Waals surface area (Å²) < 4.78 is 19.0. The van der Waals surface area contributed by atoms with Crippen molar-refractivity contribution in [3.05, 3.63) is 65.5 Å². The molecule has 0 aliphatic carbocycles. The van der Waals surface area contributed by atoms with Crippen molar-refractivity contribution in [3.63, 3.8) is 0 Å². The van der Waals surface area contributed by atoms with E-state index in [1.54, 1.807) is 38.1 Å². The molecule has 0 saturated heterocycles. The van der Waals surface area contributed by atoms with Crippen LogP contribution < -0.4 is 10.6 Å². The lowest BCUT2D eigenvalue weighted by Crippen LogP contribution is -2.47. The predicted octanol–water partition coefficient (Wildman–Crippen LogP) is 3.02. The zero-order valence-corrected chi connectivity index (χ0v) is 16.8. The van der Waals surface area contributed by atoms with Crippen molar-refractivity contribution >= 4 is 23.5 Å². The highest BCUT2D eigenvalue weighted by molar-refractivity contribution is 5.98. The summed E-state index contributed by atoms with van der Waals surface area (Å²) in [5.74, 6) is -3.30. The molecule has 2 aromatic carbocycles. The van der Waals surface area contributed by atoms with Crippen molar-refractivity contribution in [3.8, 4) is 6.07 Å². The van der Waals surface area contributed by atoms with E-state index < -0.39 is 35.7 Å². The Labute approximate surface area is 173 Å². The topological polar surface area (TPSA) is 108 Å². The molecule has 0 radical (unpaired) electrons. The summed E-state index contributed by atoms with van der Waals surface area (Å²) >= 11 is 0. The van der Waals surface area contributed by atoms with E-state index in [-0.39, 0.29) is 17.0 Å². The van der Waals surface area contributed by atoms with Gasteiger partial charge >= 0.3 is 5.97 Å². The van der Waals surface area contributed by atoms with Crippen LogP contribution in [0.25, 0.3) is 0 Å². The molecule has 2 aromatic rings. The van der Waals surface area contributed by atoms with Crippen LogP contribution in [0.5, 0.6) is 0 Å². The van der Waals surface area contributed by atoms with Gasteiger partial charge in [-0.05, 0) is 37.1 Å². The lowest BCUT2D eigenvalue weighted by atomic mass is 10.0. The van der Waals surface area contributed by atoms with E-state index >= 15 is 0 Å². The van der Waals surface area contributed by atoms with Crippen LogP contribution in [-0.4, -0.2) is 29.9 Å². The third kappa shape index (κ3) is 5.64. The second-order valence-electron chi connectivity index (χ2n) is 6.90. The van der Waals surface area contributed by atoms with Crippen LogP contribution in [0.3, 0.4) is 0 Å². The van der Waals surface area contributed by atoms with E-state index in [2.05, 4.69) is 10.6 Å².